The summed E-state index contributed by atoms with van der Waals surface area (Å²) < 4.78 is 28.4. The summed E-state index contributed by atoms with van der Waals surface area (Å²) in [4.78, 5) is 10.5. The first-order chi connectivity index (χ1) is 9.24. The summed E-state index contributed by atoms with van der Waals surface area (Å²) in [6.07, 6.45) is -0.235. The summed E-state index contributed by atoms with van der Waals surface area (Å²) in [5.41, 5.74) is 0.808. The van der Waals surface area contributed by atoms with Crippen molar-refractivity contribution < 1.29 is 18.3 Å². The van der Waals surface area contributed by atoms with Gasteiger partial charge in [-0.3, -0.25) is 4.79 Å². The molecular weight excluding hydrogens is 348 g/mol. The van der Waals surface area contributed by atoms with Crippen molar-refractivity contribution in [3.63, 3.8) is 0 Å². The number of carbonyl (C=O) groups is 1. The average Bonchev–Trinajstić information content (AvgIpc) is 2.35. The van der Waals surface area contributed by atoms with Gasteiger partial charge in [0.25, 0.3) is 10.2 Å². The van der Waals surface area contributed by atoms with Crippen molar-refractivity contribution >= 4 is 32.1 Å². The first-order valence-electron chi connectivity index (χ1n) is 5.94. The summed E-state index contributed by atoms with van der Waals surface area (Å²) in [6.45, 7) is 1.65. The van der Waals surface area contributed by atoms with Gasteiger partial charge in [-0.2, -0.15) is 17.4 Å². The van der Waals surface area contributed by atoms with Crippen LogP contribution in [0.3, 0.4) is 0 Å². The van der Waals surface area contributed by atoms with Crippen LogP contribution in [-0.2, 0) is 15.0 Å². The first kappa shape index (κ1) is 17.1. The predicted molar refractivity (Wildman–Crippen MR) is 79.5 cm³/mol. The van der Waals surface area contributed by atoms with Gasteiger partial charge in [0.15, 0.2) is 0 Å². The number of rotatable bonds is 7. The average molecular weight is 365 g/mol. The van der Waals surface area contributed by atoms with Crippen LogP contribution in [0.15, 0.2) is 28.7 Å². The lowest BCUT2D eigenvalue weighted by molar-refractivity contribution is -0.137. The van der Waals surface area contributed by atoms with Gasteiger partial charge < -0.3 is 5.11 Å². The molecule has 1 atom stereocenters. The number of halogens is 1. The molecule has 20 heavy (non-hydrogen) atoms. The van der Waals surface area contributed by atoms with E-state index in [1.807, 2.05) is 24.3 Å². The van der Waals surface area contributed by atoms with Crippen molar-refractivity contribution in [1.29, 1.82) is 0 Å². The Balaban J connectivity index is 2.75. The van der Waals surface area contributed by atoms with Gasteiger partial charge in [-0.1, -0.05) is 34.1 Å². The molecule has 0 amide bonds. The Kier molecular flexibility index (Phi) is 6.12. The fraction of sp³-hybridized carbons (Fsp3) is 0.417. The number of carboxylic acid groups (broad SMARTS) is 1. The molecule has 0 radical (unpaired) electrons. The Labute approximate surface area is 127 Å². The van der Waals surface area contributed by atoms with Gasteiger partial charge in [0.2, 0.25) is 0 Å². The molecular formula is C12H17BrN2O4S. The summed E-state index contributed by atoms with van der Waals surface area (Å²) >= 11 is 3.37. The quantitative estimate of drug-likeness (QED) is 0.771. The lowest BCUT2D eigenvalue weighted by Crippen LogP contribution is -2.40. The molecule has 0 fully saturated rings. The van der Waals surface area contributed by atoms with Crippen LogP contribution in [0.25, 0.3) is 0 Å². The Bertz CT molecular complexity index is 577. The number of nitrogens with one attached hydrogen (secondary N) is 1. The zero-order valence-electron chi connectivity index (χ0n) is 11.2. The minimum Gasteiger partial charge on any atom is -0.481 e. The van der Waals surface area contributed by atoms with Gasteiger partial charge in [-0.15, -0.1) is 0 Å². The third-order valence-electron chi connectivity index (χ3n) is 2.75. The molecule has 8 heteroatoms. The van der Waals surface area contributed by atoms with Crippen molar-refractivity contribution in [3.8, 4) is 0 Å². The molecule has 112 valence electrons. The fourth-order valence-electron chi connectivity index (χ4n) is 1.58. The van der Waals surface area contributed by atoms with E-state index < -0.39 is 22.2 Å². The number of aliphatic carboxylic acids is 1. The van der Waals surface area contributed by atoms with Gasteiger partial charge in [0, 0.05) is 24.1 Å². The summed E-state index contributed by atoms with van der Waals surface area (Å²) in [6, 6.07) is 6.87. The minimum atomic E-state index is -3.72. The molecule has 2 N–H and O–H groups in total. The van der Waals surface area contributed by atoms with Crippen molar-refractivity contribution in [2.24, 2.45) is 0 Å². The van der Waals surface area contributed by atoms with E-state index >= 15 is 0 Å². The molecule has 1 rings (SSSR count). The van der Waals surface area contributed by atoms with E-state index in [1.54, 1.807) is 6.92 Å². The second kappa shape index (κ2) is 7.16. The van der Waals surface area contributed by atoms with Crippen LogP contribution in [0.4, 0.5) is 0 Å². The van der Waals surface area contributed by atoms with Crippen molar-refractivity contribution in [3.05, 3.63) is 34.3 Å². The van der Waals surface area contributed by atoms with Gasteiger partial charge in [-0.05, 0) is 18.6 Å². The molecule has 1 aromatic rings. The van der Waals surface area contributed by atoms with Crippen LogP contribution in [-0.4, -0.2) is 37.4 Å². The number of carboxylic acids is 1. The molecule has 0 spiro atoms. The first-order valence-corrected chi connectivity index (χ1v) is 8.17. The third kappa shape index (κ3) is 4.86. The molecule has 0 unspecified atom stereocenters. The SMILES string of the molecule is C[C@H](NS(=O)(=O)N(C)CCC(=O)O)c1ccccc1Br. The van der Waals surface area contributed by atoms with Crippen LogP contribution in [0, 0.1) is 0 Å². The van der Waals surface area contributed by atoms with E-state index in [4.69, 9.17) is 5.11 Å². The molecule has 0 aromatic heterocycles. The zero-order valence-corrected chi connectivity index (χ0v) is 13.6. The molecule has 0 saturated heterocycles. The smallest absolute Gasteiger partial charge is 0.304 e. The second-order valence-electron chi connectivity index (χ2n) is 4.33. The molecule has 6 nitrogen and oxygen atoms in total. The number of benzene rings is 1. The summed E-state index contributed by atoms with van der Waals surface area (Å²) in [5, 5.41) is 8.58. The maximum absolute atomic E-state index is 12.0. The molecule has 1 aromatic carbocycles. The molecule has 0 bridgehead atoms. The Hall–Kier alpha value is -0.960. The Morgan fingerprint density at radius 2 is 2.05 bits per heavy atom. The van der Waals surface area contributed by atoms with E-state index in [1.165, 1.54) is 7.05 Å². The molecule has 0 saturated carbocycles. The maximum Gasteiger partial charge on any atom is 0.304 e. The van der Waals surface area contributed by atoms with E-state index in [-0.39, 0.29) is 13.0 Å². The van der Waals surface area contributed by atoms with Crippen molar-refractivity contribution in [1.82, 2.24) is 9.03 Å². The molecule has 0 aliphatic carbocycles. The number of hydrogen-bond acceptors (Lipinski definition) is 3. The highest BCUT2D eigenvalue weighted by atomic mass is 79.9. The highest BCUT2D eigenvalue weighted by Crippen LogP contribution is 2.23. The molecule has 0 aliphatic rings. The van der Waals surface area contributed by atoms with Crippen molar-refractivity contribution in [2.75, 3.05) is 13.6 Å². The van der Waals surface area contributed by atoms with Gasteiger partial charge in [-0.25, -0.2) is 0 Å². The summed E-state index contributed by atoms with van der Waals surface area (Å²) in [5.74, 6) is -1.04. The molecule has 0 heterocycles. The van der Waals surface area contributed by atoms with E-state index in [2.05, 4.69) is 20.7 Å². The maximum atomic E-state index is 12.0. The van der Waals surface area contributed by atoms with Crippen molar-refractivity contribution in [2.45, 2.75) is 19.4 Å². The third-order valence-corrected chi connectivity index (χ3v) is 5.13. The fourth-order valence-corrected chi connectivity index (χ4v) is 3.29. The van der Waals surface area contributed by atoms with E-state index in [0.29, 0.717) is 0 Å². The van der Waals surface area contributed by atoms with Crippen LogP contribution < -0.4 is 4.72 Å². The highest BCUT2D eigenvalue weighted by Gasteiger charge is 2.22. The summed E-state index contributed by atoms with van der Waals surface area (Å²) in [7, 11) is -2.38. The predicted octanol–water partition coefficient (Wildman–Crippen LogP) is 1.75. The van der Waals surface area contributed by atoms with Gasteiger partial charge in [0.05, 0.1) is 6.42 Å². The van der Waals surface area contributed by atoms with Crippen LogP contribution in [0.5, 0.6) is 0 Å². The van der Waals surface area contributed by atoms with E-state index in [0.717, 1.165) is 14.3 Å². The highest BCUT2D eigenvalue weighted by molar-refractivity contribution is 9.10. The Morgan fingerprint density at radius 1 is 1.45 bits per heavy atom. The zero-order chi connectivity index (χ0) is 15.3. The topological polar surface area (TPSA) is 86.7 Å². The van der Waals surface area contributed by atoms with Crippen LogP contribution in [0.2, 0.25) is 0 Å². The van der Waals surface area contributed by atoms with Gasteiger partial charge >= 0.3 is 5.97 Å². The molecule has 0 aliphatic heterocycles. The normalized spacial score (nSPS) is 13.4. The van der Waals surface area contributed by atoms with Crippen LogP contribution in [0.1, 0.15) is 24.9 Å². The standard InChI is InChI=1S/C12H17BrN2O4S/c1-9(10-5-3-4-6-11(10)13)14-20(18,19)15(2)8-7-12(16)17/h3-6,9,14H,7-8H2,1-2H3,(H,16,17)/t9-/m0/s1. The largest absolute Gasteiger partial charge is 0.481 e. The number of hydrogen-bond donors (Lipinski definition) is 2. The minimum absolute atomic E-state index is 0.0760. The monoisotopic (exact) mass is 364 g/mol. The lowest BCUT2D eigenvalue weighted by atomic mass is 10.1. The second-order valence-corrected chi connectivity index (χ2v) is 6.99. The lowest BCUT2D eigenvalue weighted by Gasteiger charge is -2.21. The van der Waals surface area contributed by atoms with Gasteiger partial charge in [0.1, 0.15) is 0 Å². The van der Waals surface area contributed by atoms with Crippen LogP contribution >= 0.6 is 15.9 Å². The van der Waals surface area contributed by atoms with E-state index in [9.17, 15) is 13.2 Å². The Morgan fingerprint density at radius 3 is 2.60 bits per heavy atom. The number of nitrogens with zero attached hydrogens (tertiary/aromatic N) is 1.